The second-order valence-corrected chi connectivity index (χ2v) is 4.81. The van der Waals surface area contributed by atoms with Crippen LogP contribution in [-0.2, 0) is 13.0 Å². The summed E-state index contributed by atoms with van der Waals surface area (Å²) in [5.74, 6) is 3.25. The lowest BCUT2D eigenvalue weighted by atomic mass is 10.3. The quantitative estimate of drug-likeness (QED) is 0.835. The van der Waals surface area contributed by atoms with Gasteiger partial charge in [-0.3, -0.25) is 0 Å². The maximum atomic E-state index is 13.2. The van der Waals surface area contributed by atoms with Gasteiger partial charge in [-0.2, -0.15) is 0 Å². The van der Waals surface area contributed by atoms with Crippen LogP contribution < -0.4 is 5.32 Å². The van der Waals surface area contributed by atoms with Crippen LogP contribution in [0.15, 0.2) is 18.2 Å². The molecule has 0 saturated heterocycles. The number of fused-ring (bicyclic) bond motifs is 1. The topological polar surface area (TPSA) is 29.9 Å². The Morgan fingerprint density at radius 3 is 2.95 bits per heavy atom. The molecular formula is C15H18FN3. The summed E-state index contributed by atoms with van der Waals surface area (Å²) in [7, 11) is 0. The van der Waals surface area contributed by atoms with Crippen molar-refractivity contribution in [3.05, 3.63) is 29.8 Å². The number of aromatic nitrogens is 2. The summed E-state index contributed by atoms with van der Waals surface area (Å²) in [6, 6.07) is 5.05. The summed E-state index contributed by atoms with van der Waals surface area (Å²) >= 11 is 0. The third kappa shape index (κ3) is 3.12. The van der Waals surface area contributed by atoms with E-state index in [0.717, 1.165) is 24.3 Å². The first kappa shape index (κ1) is 13.6. The molecule has 2 rings (SSSR count). The van der Waals surface area contributed by atoms with E-state index in [0.29, 0.717) is 18.1 Å². The van der Waals surface area contributed by atoms with E-state index >= 15 is 0 Å². The van der Waals surface area contributed by atoms with Crippen LogP contribution >= 0.6 is 0 Å². The van der Waals surface area contributed by atoms with Gasteiger partial charge in [-0.15, -0.1) is 6.42 Å². The van der Waals surface area contributed by atoms with Gasteiger partial charge in [0.25, 0.3) is 0 Å². The molecule has 0 saturated carbocycles. The third-order valence-electron chi connectivity index (χ3n) is 2.94. The van der Waals surface area contributed by atoms with Crippen LogP contribution in [0, 0.1) is 18.2 Å². The van der Waals surface area contributed by atoms with E-state index < -0.39 is 0 Å². The Bertz CT molecular complexity index is 608. The lowest BCUT2D eigenvalue weighted by Gasteiger charge is -2.08. The standard InChI is InChI=1S/C15H18FN3/c1-4-9-19-14-6-5-12(16)10-13(14)18-15(19)7-8-17-11(2)3/h1,5-6,10-11,17H,7-9H2,2-3H3. The van der Waals surface area contributed by atoms with Crippen LogP contribution in [0.1, 0.15) is 19.7 Å². The molecule has 0 fully saturated rings. The Hall–Kier alpha value is -1.86. The molecule has 0 radical (unpaired) electrons. The molecule has 2 aromatic rings. The third-order valence-corrected chi connectivity index (χ3v) is 2.94. The van der Waals surface area contributed by atoms with Crippen molar-refractivity contribution in [2.75, 3.05) is 6.54 Å². The van der Waals surface area contributed by atoms with Gasteiger partial charge in [0, 0.05) is 25.1 Å². The molecular weight excluding hydrogens is 241 g/mol. The monoisotopic (exact) mass is 259 g/mol. The van der Waals surface area contributed by atoms with Gasteiger partial charge in [-0.05, 0) is 12.1 Å². The number of nitrogens with zero attached hydrogens (tertiary/aromatic N) is 2. The molecule has 0 bridgehead atoms. The Balaban J connectivity index is 2.31. The number of hydrogen-bond acceptors (Lipinski definition) is 2. The van der Waals surface area contributed by atoms with Crippen LogP contribution in [0.2, 0.25) is 0 Å². The molecule has 0 spiro atoms. The predicted molar refractivity (Wildman–Crippen MR) is 75.4 cm³/mol. The minimum atomic E-state index is -0.273. The lowest BCUT2D eigenvalue weighted by Crippen LogP contribution is -2.25. The van der Waals surface area contributed by atoms with Gasteiger partial charge < -0.3 is 9.88 Å². The number of imidazole rings is 1. The molecule has 1 heterocycles. The molecule has 100 valence electrons. The van der Waals surface area contributed by atoms with Gasteiger partial charge in [-0.25, -0.2) is 9.37 Å². The smallest absolute Gasteiger partial charge is 0.125 e. The van der Waals surface area contributed by atoms with Crippen molar-refractivity contribution in [3.8, 4) is 12.3 Å². The van der Waals surface area contributed by atoms with Gasteiger partial charge in [0.2, 0.25) is 0 Å². The summed E-state index contributed by atoms with van der Waals surface area (Å²) in [5, 5.41) is 3.34. The number of rotatable bonds is 5. The molecule has 4 heteroatoms. The molecule has 0 unspecified atom stereocenters. The van der Waals surface area contributed by atoms with E-state index in [4.69, 9.17) is 6.42 Å². The van der Waals surface area contributed by atoms with Crippen molar-refractivity contribution in [2.45, 2.75) is 32.9 Å². The normalized spacial score (nSPS) is 11.1. The van der Waals surface area contributed by atoms with E-state index in [-0.39, 0.29) is 5.82 Å². The minimum Gasteiger partial charge on any atom is -0.316 e. The zero-order valence-corrected chi connectivity index (χ0v) is 11.3. The Morgan fingerprint density at radius 2 is 2.26 bits per heavy atom. The summed E-state index contributed by atoms with van der Waals surface area (Å²) < 4.78 is 15.2. The van der Waals surface area contributed by atoms with Gasteiger partial charge in [0.1, 0.15) is 11.6 Å². The van der Waals surface area contributed by atoms with E-state index in [9.17, 15) is 4.39 Å². The van der Waals surface area contributed by atoms with Crippen molar-refractivity contribution in [3.63, 3.8) is 0 Å². The minimum absolute atomic E-state index is 0.273. The SMILES string of the molecule is C#CCn1c(CCNC(C)C)nc2cc(F)ccc21. The summed E-state index contributed by atoms with van der Waals surface area (Å²) in [6.07, 6.45) is 6.17. The van der Waals surface area contributed by atoms with Crippen LogP contribution in [0.25, 0.3) is 11.0 Å². The van der Waals surface area contributed by atoms with Crippen LogP contribution in [-0.4, -0.2) is 22.1 Å². The fourth-order valence-corrected chi connectivity index (χ4v) is 2.08. The molecule has 0 aliphatic heterocycles. The van der Waals surface area contributed by atoms with Gasteiger partial charge in [-0.1, -0.05) is 19.8 Å². The predicted octanol–water partition coefficient (Wildman–Crippen LogP) is 2.35. The molecule has 0 atom stereocenters. The van der Waals surface area contributed by atoms with Crippen LogP contribution in [0.3, 0.4) is 0 Å². The average Bonchev–Trinajstić information content (AvgIpc) is 2.67. The maximum Gasteiger partial charge on any atom is 0.125 e. The summed E-state index contributed by atoms with van der Waals surface area (Å²) in [5.41, 5.74) is 1.55. The van der Waals surface area contributed by atoms with E-state index in [1.165, 1.54) is 12.1 Å². The van der Waals surface area contributed by atoms with Crippen molar-refractivity contribution in [1.82, 2.24) is 14.9 Å². The highest BCUT2D eigenvalue weighted by Gasteiger charge is 2.10. The van der Waals surface area contributed by atoms with Gasteiger partial charge >= 0.3 is 0 Å². The average molecular weight is 259 g/mol. The van der Waals surface area contributed by atoms with Crippen molar-refractivity contribution in [1.29, 1.82) is 0 Å². The van der Waals surface area contributed by atoms with E-state index in [1.807, 2.05) is 4.57 Å². The first-order chi connectivity index (χ1) is 9.11. The summed E-state index contributed by atoms with van der Waals surface area (Å²) in [4.78, 5) is 4.48. The number of halogens is 1. The highest BCUT2D eigenvalue weighted by Crippen LogP contribution is 2.17. The second-order valence-electron chi connectivity index (χ2n) is 4.81. The Labute approximate surface area is 112 Å². The number of hydrogen-bond donors (Lipinski definition) is 1. The summed E-state index contributed by atoms with van der Waals surface area (Å²) in [6.45, 7) is 5.48. The molecule has 0 aliphatic rings. The molecule has 3 nitrogen and oxygen atoms in total. The second kappa shape index (κ2) is 5.85. The van der Waals surface area contributed by atoms with Crippen molar-refractivity contribution in [2.24, 2.45) is 0 Å². The fraction of sp³-hybridized carbons (Fsp3) is 0.400. The fourth-order valence-electron chi connectivity index (χ4n) is 2.08. The van der Waals surface area contributed by atoms with Crippen molar-refractivity contribution < 1.29 is 4.39 Å². The zero-order valence-electron chi connectivity index (χ0n) is 11.3. The molecule has 1 aromatic carbocycles. The number of terminal acetylenes is 1. The first-order valence-corrected chi connectivity index (χ1v) is 6.43. The Kier molecular flexibility index (Phi) is 4.18. The molecule has 1 N–H and O–H groups in total. The van der Waals surface area contributed by atoms with Crippen LogP contribution in [0.4, 0.5) is 4.39 Å². The number of benzene rings is 1. The van der Waals surface area contributed by atoms with Crippen LogP contribution in [0.5, 0.6) is 0 Å². The van der Waals surface area contributed by atoms with E-state index in [2.05, 4.69) is 30.1 Å². The molecule has 0 amide bonds. The zero-order chi connectivity index (χ0) is 13.8. The number of nitrogens with one attached hydrogen (secondary N) is 1. The molecule has 0 aliphatic carbocycles. The highest BCUT2D eigenvalue weighted by molar-refractivity contribution is 5.76. The lowest BCUT2D eigenvalue weighted by molar-refractivity contribution is 0.576. The van der Waals surface area contributed by atoms with Gasteiger partial charge in [0.15, 0.2) is 0 Å². The maximum absolute atomic E-state index is 13.2. The Morgan fingerprint density at radius 1 is 1.47 bits per heavy atom. The molecule has 1 aromatic heterocycles. The highest BCUT2D eigenvalue weighted by atomic mass is 19.1. The largest absolute Gasteiger partial charge is 0.316 e. The first-order valence-electron chi connectivity index (χ1n) is 6.43. The van der Waals surface area contributed by atoms with E-state index in [1.54, 1.807) is 6.07 Å². The van der Waals surface area contributed by atoms with Gasteiger partial charge in [0.05, 0.1) is 17.6 Å². The molecule has 19 heavy (non-hydrogen) atoms. The van der Waals surface area contributed by atoms with Crippen molar-refractivity contribution >= 4 is 11.0 Å².